The van der Waals surface area contributed by atoms with E-state index < -0.39 is 39.2 Å². The van der Waals surface area contributed by atoms with Gasteiger partial charge in [0.25, 0.3) is 5.91 Å². The summed E-state index contributed by atoms with van der Waals surface area (Å²) in [5.41, 5.74) is -3.83. The monoisotopic (exact) mass is 525 g/mol. The Morgan fingerprint density at radius 1 is 1.00 bits per heavy atom. The average Bonchev–Trinajstić information content (AvgIpc) is 2.77. The van der Waals surface area contributed by atoms with Crippen LogP contribution in [0.1, 0.15) is 6.92 Å². The van der Waals surface area contributed by atoms with Crippen molar-refractivity contribution < 1.29 is 41.7 Å². The molecule has 1 unspecified atom stereocenters. The molecule has 188 valence electrons. The number of alkyl halides is 3. The summed E-state index contributed by atoms with van der Waals surface area (Å²) < 4.78 is 65.3. The lowest BCUT2D eigenvalue weighted by Crippen LogP contribution is -2.52. The topological polar surface area (TPSA) is 148 Å². The minimum Gasteiger partial charge on any atom is -0.395 e. The number of aliphatic hydroxyl groups is 3. The van der Waals surface area contributed by atoms with Gasteiger partial charge in [-0.25, -0.2) is 8.42 Å². The molecule has 0 radical (unpaired) electrons. The third-order valence-corrected chi connectivity index (χ3v) is 6.86. The average molecular weight is 526 g/mol. The van der Waals surface area contributed by atoms with Crippen molar-refractivity contribution in [2.45, 2.75) is 28.5 Å². The number of rotatable bonds is 10. The van der Waals surface area contributed by atoms with Crippen LogP contribution in [0, 0.1) is 0 Å². The van der Waals surface area contributed by atoms with Gasteiger partial charge < -0.3 is 31.3 Å². The molecule has 0 saturated heterocycles. The van der Waals surface area contributed by atoms with E-state index in [0.717, 1.165) is 12.1 Å². The lowest BCUT2D eigenvalue weighted by Gasteiger charge is -2.25. The molecule has 0 spiro atoms. The van der Waals surface area contributed by atoms with Crippen LogP contribution < -0.4 is 16.0 Å². The molecule has 0 fully saturated rings. The lowest BCUT2D eigenvalue weighted by molar-refractivity contribution is -0.242. The zero-order valence-corrected chi connectivity index (χ0v) is 19.4. The molecule has 1 atom stereocenters. The molecule has 0 heterocycles. The van der Waals surface area contributed by atoms with Crippen molar-refractivity contribution in [3.63, 3.8) is 0 Å². The smallest absolute Gasteiger partial charge is 0.395 e. The highest BCUT2D eigenvalue weighted by atomic mass is 35.5. The fourth-order valence-corrected chi connectivity index (χ4v) is 4.45. The molecular weight excluding hydrogens is 503 g/mol. The van der Waals surface area contributed by atoms with Gasteiger partial charge in [-0.2, -0.15) is 13.2 Å². The number of hydrogen-bond donors (Lipinski definition) is 6. The lowest BCUT2D eigenvalue weighted by atomic mass is 10.1. The molecule has 2 aromatic rings. The number of halogens is 4. The van der Waals surface area contributed by atoms with Crippen molar-refractivity contribution in [3.05, 3.63) is 41.4 Å². The minimum atomic E-state index is -5.27. The second-order valence-electron chi connectivity index (χ2n) is 7.15. The van der Waals surface area contributed by atoms with Crippen LogP contribution in [0.25, 0.3) is 0 Å². The highest BCUT2D eigenvalue weighted by Gasteiger charge is 2.55. The van der Waals surface area contributed by atoms with Gasteiger partial charge in [-0.1, -0.05) is 11.6 Å². The Morgan fingerprint density at radius 2 is 1.56 bits per heavy atom. The van der Waals surface area contributed by atoms with Crippen LogP contribution in [0.3, 0.4) is 0 Å². The first kappa shape index (κ1) is 27.7. The normalized spacial score (nSPS) is 13.8. The predicted octanol–water partition coefficient (Wildman–Crippen LogP) is 2.23. The van der Waals surface area contributed by atoms with Crippen LogP contribution in [0.2, 0.25) is 5.02 Å². The van der Waals surface area contributed by atoms with Gasteiger partial charge in [-0.3, -0.25) is 4.79 Å². The fourth-order valence-electron chi connectivity index (χ4n) is 2.68. The van der Waals surface area contributed by atoms with Gasteiger partial charge >= 0.3 is 6.18 Å². The highest BCUT2D eigenvalue weighted by molar-refractivity contribution is 7.91. The van der Waals surface area contributed by atoms with Crippen LogP contribution in [0.15, 0.2) is 46.2 Å². The summed E-state index contributed by atoms with van der Waals surface area (Å²) in [4.78, 5) is 11.5. The molecule has 0 aromatic heterocycles. The highest BCUT2D eigenvalue weighted by Crippen LogP contribution is 2.39. The van der Waals surface area contributed by atoms with E-state index in [4.69, 9.17) is 21.8 Å². The van der Waals surface area contributed by atoms with E-state index in [2.05, 4.69) is 10.6 Å². The molecule has 0 aliphatic carbocycles. The number of sulfone groups is 1. The van der Waals surface area contributed by atoms with E-state index >= 15 is 0 Å². The number of nitrogens with one attached hydrogen (secondary N) is 3. The quantitative estimate of drug-likeness (QED) is 0.277. The van der Waals surface area contributed by atoms with Gasteiger partial charge in [0.05, 0.1) is 39.4 Å². The number of hydrogen-bond acceptors (Lipinski definition) is 8. The van der Waals surface area contributed by atoms with E-state index in [1.54, 1.807) is 0 Å². The van der Waals surface area contributed by atoms with Gasteiger partial charge in [0, 0.05) is 18.8 Å². The molecule has 2 aromatic carbocycles. The number of carbonyl (C=O) groups is 1. The standard InChI is InChI=1S/C20H23ClF3N3O6S/c1-19(31,20(22,23)24)18(30)27-14-6-7-15(17(16(14)21)26-9-11-29)34(32,33)13-4-2-12(3-5-13)25-8-10-28/h2-7,25-26,28-29,31H,8-11H2,1H3,(H,27,30). The van der Waals surface area contributed by atoms with Crippen molar-refractivity contribution in [1.82, 2.24) is 0 Å². The molecule has 0 saturated carbocycles. The first-order valence-corrected chi connectivity index (χ1v) is 11.6. The third-order valence-electron chi connectivity index (χ3n) is 4.65. The summed E-state index contributed by atoms with van der Waals surface area (Å²) in [6.45, 7) is -0.200. The number of carbonyl (C=O) groups excluding carboxylic acids is 1. The minimum absolute atomic E-state index is 0.125. The number of anilines is 3. The molecule has 0 aliphatic heterocycles. The van der Waals surface area contributed by atoms with Gasteiger partial charge in [-0.15, -0.1) is 0 Å². The number of benzene rings is 2. The first-order valence-electron chi connectivity index (χ1n) is 9.75. The molecule has 0 bridgehead atoms. The SMILES string of the molecule is CC(O)(C(=O)Nc1ccc(S(=O)(=O)c2ccc(NCCO)cc2)c(NCCO)c1Cl)C(F)(F)F. The molecule has 14 heteroatoms. The van der Waals surface area contributed by atoms with Crippen LogP contribution in [-0.2, 0) is 14.6 Å². The Hall–Kier alpha value is -2.58. The van der Waals surface area contributed by atoms with Gasteiger partial charge in [-0.05, 0) is 43.3 Å². The molecule has 9 nitrogen and oxygen atoms in total. The van der Waals surface area contributed by atoms with Crippen molar-refractivity contribution in [2.75, 3.05) is 42.3 Å². The maximum absolute atomic E-state index is 13.2. The summed E-state index contributed by atoms with van der Waals surface area (Å²) in [5.74, 6) is -1.82. The van der Waals surface area contributed by atoms with E-state index in [0.29, 0.717) is 5.69 Å². The predicted molar refractivity (Wildman–Crippen MR) is 120 cm³/mol. The zero-order chi connectivity index (χ0) is 25.7. The fraction of sp³-hybridized carbons (Fsp3) is 0.350. The van der Waals surface area contributed by atoms with Crippen molar-refractivity contribution in [3.8, 4) is 0 Å². The Kier molecular flexibility index (Phi) is 8.77. The summed E-state index contributed by atoms with van der Waals surface area (Å²) in [5, 5.41) is 34.4. The maximum atomic E-state index is 13.2. The second-order valence-corrected chi connectivity index (χ2v) is 9.45. The molecular formula is C20H23ClF3N3O6S. The van der Waals surface area contributed by atoms with E-state index in [-0.39, 0.29) is 47.8 Å². The number of aliphatic hydroxyl groups excluding tert-OH is 2. The van der Waals surface area contributed by atoms with Crippen molar-refractivity contribution in [1.29, 1.82) is 0 Å². The van der Waals surface area contributed by atoms with Crippen molar-refractivity contribution >= 4 is 44.4 Å². The zero-order valence-electron chi connectivity index (χ0n) is 17.8. The second kappa shape index (κ2) is 10.8. The van der Waals surface area contributed by atoms with Crippen LogP contribution >= 0.6 is 11.6 Å². The summed E-state index contributed by atoms with van der Waals surface area (Å²) >= 11 is 6.21. The van der Waals surface area contributed by atoms with E-state index in [1.165, 1.54) is 24.3 Å². The Balaban J connectivity index is 2.49. The molecule has 6 N–H and O–H groups in total. The Labute approximate surface area is 198 Å². The van der Waals surface area contributed by atoms with Crippen LogP contribution in [0.4, 0.5) is 30.2 Å². The molecule has 2 rings (SSSR count). The largest absolute Gasteiger partial charge is 0.426 e. The van der Waals surface area contributed by atoms with Gasteiger partial charge in [0.2, 0.25) is 15.4 Å². The molecule has 34 heavy (non-hydrogen) atoms. The van der Waals surface area contributed by atoms with Crippen molar-refractivity contribution in [2.24, 2.45) is 0 Å². The van der Waals surface area contributed by atoms with Crippen LogP contribution in [0.5, 0.6) is 0 Å². The maximum Gasteiger partial charge on any atom is 0.426 e. The van der Waals surface area contributed by atoms with Gasteiger partial charge in [0.1, 0.15) is 0 Å². The number of amides is 1. The van der Waals surface area contributed by atoms with Crippen LogP contribution in [-0.4, -0.2) is 67.7 Å². The van der Waals surface area contributed by atoms with E-state index in [1.807, 2.05) is 5.32 Å². The summed E-state index contributed by atoms with van der Waals surface area (Å²) in [6.07, 6.45) is -5.27. The Morgan fingerprint density at radius 3 is 2.09 bits per heavy atom. The third kappa shape index (κ3) is 5.91. The Bertz CT molecular complexity index is 1130. The first-order chi connectivity index (χ1) is 15.8. The molecule has 0 aliphatic rings. The molecule has 1 amide bonds. The van der Waals surface area contributed by atoms with E-state index in [9.17, 15) is 31.5 Å². The summed E-state index contributed by atoms with van der Waals surface area (Å²) in [6, 6.07) is 7.55. The summed E-state index contributed by atoms with van der Waals surface area (Å²) in [7, 11) is -4.20. The van der Waals surface area contributed by atoms with Gasteiger partial charge in [0.15, 0.2) is 0 Å².